The molecule has 1 nitrogen and oxygen atoms in total. The Balaban J connectivity index is 1.12. The first-order valence-electron chi connectivity index (χ1n) is 18.9. The van der Waals surface area contributed by atoms with Crippen molar-refractivity contribution in [3.63, 3.8) is 0 Å². The second-order valence-electron chi connectivity index (χ2n) is 16.6. The zero-order valence-electron chi connectivity index (χ0n) is 29.1. The van der Waals surface area contributed by atoms with Crippen molar-refractivity contribution >= 4 is 17.1 Å². The lowest BCUT2D eigenvalue weighted by Crippen LogP contribution is -2.55. The average molecular weight is 646 g/mol. The molecule has 0 N–H and O–H groups in total. The summed E-state index contributed by atoms with van der Waals surface area (Å²) in [5.41, 5.74) is 18.0. The first kappa shape index (κ1) is 28.9. The van der Waals surface area contributed by atoms with Gasteiger partial charge >= 0.3 is 0 Å². The molecule has 6 aromatic carbocycles. The quantitative estimate of drug-likeness (QED) is 0.184. The Morgan fingerprint density at radius 1 is 0.460 bits per heavy atom. The summed E-state index contributed by atoms with van der Waals surface area (Å²) < 4.78 is 0. The largest absolute Gasteiger partial charge is 0.310 e. The lowest BCUT2D eigenvalue weighted by molar-refractivity contribution is -0.0399. The van der Waals surface area contributed by atoms with Gasteiger partial charge in [0.1, 0.15) is 0 Å². The van der Waals surface area contributed by atoms with Gasteiger partial charge in [-0.25, -0.2) is 0 Å². The molecular weight excluding hydrogens is 603 g/mol. The number of anilines is 3. The summed E-state index contributed by atoms with van der Waals surface area (Å²) in [7, 11) is 0. The molecule has 6 aliphatic carbocycles. The smallest absolute Gasteiger partial charge is 0.0508 e. The van der Waals surface area contributed by atoms with Crippen LogP contribution in [0.4, 0.5) is 17.1 Å². The summed E-state index contributed by atoms with van der Waals surface area (Å²) in [5.74, 6) is 3.43. The maximum atomic E-state index is 2.57. The van der Waals surface area contributed by atoms with Gasteiger partial charge in [-0.15, -0.1) is 0 Å². The fourth-order valence-electron chi connectivity index (χ4n) is 12.2. The highest BCUT2D eigenvalue weighted by Crippen LogP contribution is 2.69. The van der Waals surface area contributed by atoms with Gasteiger partial charge in [-0.2, -0.15) is 0 Å². The molecule has 0 aliphatic heterocycles. The third-order valence-corrected chi connectivity index (χ3v) is 13.8. The van der Waals surface area contributed by atoms with E-state index >= 15 is 0 Å². The monoisotopic (exact) mass is 645 g/mol. The van der Waals surface area contributed by atoms with E-state index in [1.54, 1.807) is 11.1 Å². The van der Waals surface area contributed by atoms with Gasteiger partial charge < -0.3 is 4.90 Å². The van der Waals surface area contributed by atoms with Crippen molar-refractivity contribution in [3.8, 4) is 33.4 Å². The van der Waals surface area contributed by atoms with Crippen molar-refractivity contribution in [2.75, 3.05) is 4.90 Å². The van der Waals surface area contributed by atoms with Crippen LogP contribution in [0.3, 0.4) is 0 Å². The summed E-state index contributed by atoms with van der Waals surface area (Å²) in [6.45, 7) is 4.82. The standard InChI is InChI=1S/C49H43N/c1-48(2)43-16-8-6-13-39(43)41-15-10-18-46(47(41)48)50(37-21-19-34(20-22-37)33-11-4-3-5-12-33)38-23-24-45-42(30-38)40-14-7-9-17-44(40)49(45)35-26-31-25-32(28-35)29-36(49)27-31/h3-24,30-32,35-36H,25-29H2,1-2H3/t31-,32?,35-,36+,49+. The van der Waals surface area contributed by atoms with Gasteiger partial charge in [-0.1, -0.05) is 123 Å². The second kappa shape index (κ2) is 10.3. The summed E-state index contributed by atoms with van der Waals surface area (Å²) in [5, 5.41) is 0. The first-order chi connectivity index (χ1) is 24.5. The molecule has 0 aromatic heterocycles. The van der Waals surface area contributed by atoms with Crippen LogP contribution in [0.15, 0.2) is 140 Å². The highest BCUT2D eigenvalue weighted by atomic mass is 15.1. The predicted molar refractivity (Wildman–Crippen MR) is 207 cm³/mol. The zero-order chi connectivity index (χ0) is 33.2. The molecule has 1 heteroatoms. The van der Waals surface area contributed by atoms with E-state index in [0.29, 0.717) is 0 Å². The van der Waals surface area contributed by atoms with Crippen LogP contribution in [0.5, 0.6) is 0 Å². The normalized spacial score (nSPS) is 25.6. The molecular formula is C49H43N. The number of nitrogens with zero attached hydrogens (tertiary/aromatic N) is 1. The van der Waals surface area contributed by atoms with Gasteiger partial charge in [0.15, 0.2) is 0 Å². The molecule has 0 radical (unpaired) electrons. The molecule has 6 aliphatic rings. The van der Waals surface area contributed by atoms with E-state index in [4.69, 9.17) is 0 Å². The van der Waals surface area contributed by atoms with Gasteiger partial charge in [0.05, 0.1) is 5.69 Å². The SMILES string of the molecule is CC1(C)c2ccccc2-c2cccc(N(c3ccc(-c4ccccc4)cc3)c3ccc4c(c3)-c3ccccc3[C@]43[C@@H]4CC5C[C@@H](C4)C[C@@H]3C5)c21. The summed E-state index contributed by atoms with van der Waals surface area (Å²) in [6.07, 6.45) is 7.13. The van der Waals surface area contributed by atoms with Gasteiger partial charge in [0, 0.05) is 22.2 Å². The van der Waals surface area contributed by atoms with Crippen molar-refractivity contribution in [2.45, 2.75) is 56.8 Å². The molecule has 6 aromatic rings. The predicted octanol–water partition coefficient (Wildman–Crippen LogP) is 12.9. The topological polar surface area (TPSA) is 3.24 Å². The number of benzene rings is 6. The lowest BCUT2D eigenvalue weighted by atomic mass is 9.43. The molecule has 244 valence electrons. The van der Waals surface area contributed by atoms with Gasteiger partial charge in [-0.3, -0.25) is 0 Å². The van der Waals surface area contributed by atoms with E-state index in [0.717, 1.165) is 23.7 Å². The first-order valence-corrected chi connectivity index (χ1v) is 18.9. The van der Waals surface area contributed by atoms with Gasteiger partial charge in [0.25, 0.3) is 0 Å². The number of fused-ring (bicyclic) bond motifs is 6. The van der Waals surface area contributed by atoms with Crippen molar-refractivity contribution < 1.29 is 0 Å². The average Bonchev–Trinajstić information content (AvgIpc) is 3.57. The Morgan fingerprint density at radius 2 is 1.02 bits per heavy atom. The van der Waals surface area contributed by atoms with E-state index in [2.05, 4.69) is 158 Å². The van der Waals surface area contributed by atoms with Crippen molar-refractivity contribution in [1.82, 2.24) is 0 Å². The minimum Gasteiger partial charge on any atom is -0.310 e. The van der Waals surface area contributed by atoms with Crippen LogP contribution in [0.2, 0.25) is 0 Å². The van der Waals surface area contributed by atoms with Crippen LogP contribution in [0, 0.1) is 23.7 Å². The Kier molecular flexibility index (Phi) is 5.97. The van der Waals surface area contributed by atoms with E-state index in [9.17, 15) is 0 Å². The van der Waals surface area contributed by atoms with E-state index in [-0.39, 0.29) is 10.8 Å². The third-order valence-electron chi connectivity index (χ3n) is 13.8. The molecule has 4 bridgehead atoms. The van der Waals surface area contributed by atoms with Crippen molar-refractivity contribution in [3.05, 3.63) is 162 Å². The Morgan fingerprint density at radius 3 is 1.74 bits per heavy atom. The third kappa shape index (κ3) is 3.79. The molecule has 0 amide bonds. The molecule has 12 rings (SSSR count). The lowest BCUT2D eigenvalue weighted by Gasteiger charge is -2.61. The highest BCUT2D eigenvalue weighted by molar-refractivity contribution is 5.93. The van der Waals surface area contributed by atoms with Crippen LogP contribution in [0.1, 0.15) is 68.2 Å². The molecule has 4 saturated carbocycles. The fourth-order valence-corrected chi connectivity index (χ4v) is 12.2. The Labute approximate surface area is 296 Å². The minimum atomic E-state index is -0.126. The van der Waals surface area contributed by atoms with E-state index in [1.807, 2.05) is 0 Å². The number of hydrogen-bond donors (Lipinski definition) is 0. The van der Waals surface area contributed by atoms with Gasteiger partial charge in [0.2, 0.25) is 0 Å². The molecule has 50 heavy (non-hydrogen) atoms. The minimum absolute atomic E-state index is 0.126. The van der Waals surface area contributed by atoms with Crippen LogP contribution in [-0.4, -0.2) is 0 Å². The molecule has 0 saturated heterocycles. The summed E-state index contributed by atoms with van der Waals surface area (Å²) in [6, 6.07) is 53.1. The molecule has 0 heterocycles. The number of hydrogen-bond acceptors (Lipinski definition) is 1. The van der Waals surface area contributed by atoms with Gasteiger partial charge in [-0.05, 0) is 142 Å². The Hall–Kier alpha value is -4.88. The summed E-state index contributed by atoms with van der Waals surface area (Å²) in [4.78, 5) is 2.56. The van der Waals surface area contributed by atoms with Crippen LogP contribution >= 0.6 is 0 Å². The van der Waals surface area contributed by atoms with Crippen LogP contribution in [-0.2, 0) is 10.8 Å². The molecule has 0 atom stereocenters. The molecule has 1 spiro atoms. The fraction of sp³-hybridized carbons (Fsp3) is 0.265. The van der Waals surface area contributed by atoms with Crippen molar-refractivity contribution in [1.29, 1.82) is 0 Å². The summed E-state index contributed by atoms with van der Waals surface area (Å²) >= 11 is 0. The van der Waals surface area contributed by atoms with Crippen LogP contribution < -0.4 is 4.90 Å². The van der Waals surface area contributed by atoms with Crippen LogP contribution in [0.25, 0.3) is 33.4 Å². The van der Waals surface area contributed by atoms with E-state index < -0.39 is 0 Å². The van der Waals surface area contributed by atoms with Crippen molar-refractivity contribution in [2.24, 2.45) is 23.7 Å². The molecule has 4 fully saturated rings. The Bertz CT molecular complexity index is 2280. The zero-order valence-corrected chi connectivity index (χ0v) is 29.1. The highest BCUT2D eigenvalue weighted by Gasteiger charge is 2.61. The maximum absolute atomic E-state index is 2.57. The molecule has 0 unspecified atom stereocenters. The number of rotatable bonds is 4. The second-order valence-corrected chi connectivity index (χ2v) is 16.6. The van der Waals surface area contributed by atoms with E-state index in [1.165, 1.54) is 93.7 Å². The maximum Gasteiger partial charge on any atom is 0.0508 e.